The molecule has 1 aromatic carbocycles. The van der Waals surface area contributed by atoms with E-state index < -0.39 is 18.5 Å². The Morgan fingerprint density at radius 2 is 1.78 bits per heavy atom. The van der Waals surface area contributed by atoms with E-state index in [1.807, 2.05) is 0 Å². The molecule has 0 unspecified atom stereocenters. The Hall–Kier alpha value is -2.93. The van der Waals surface area contributed by atoms with Crippen LogP contribution in [0.3, 0.4) is 0 Å². The lowest BCUT2D eigenvalue weighted by molar-refractivity contribution is -0.119. The number of rotatable bonds is 5. The van der Waals surface area contributed by atoms with Gasteiger partial charge in [-0.15, -0.1) is 0 Å². The smallest absolute Gasteiger partial charge is 0.342 e. The first-order chi connectivity index (χ1) is 12.7. The Bertz CT molecular complexity index is 856. The predicted molar refractivity (Wildman–Crippen MR) is 102 cm³/mol. The summed E-state index contributed by atoms with van der Waals surface area (Å²) in [5.41, 5.74) is 2.43. The molecule has 7 nitrogen and oxygen atoms in total. The van der Waals surface area contributed by atoms with E-state index in [4.69, 9.17) is 16.3 Å². The number of esters is 1. The second-order valence-electron chi connectivity index (χ2n) is 6.15. The zero-order chi connectivity index (χ0) is 20.1. The van der Waals surface area contributed by atoms with Crippen LogP contribution in [0, 0.1) is 13.8 Å². The highest BCUT2D eigenvalue weighted by molar-refractivity contribution is 6.32. The van der Waals surface area contributed by atoms with Gasteiger partial charge in [-0.05, 0) is 49.7 Å². The molecule has 1 aromatic heterocycles. The van der Waals surface area contributed by atoms with Crippen LogP contribution >= 0.6 is 11.6 Å². The maximum absolute atomic E-state index is 12.2. The highest BCUT2D eigenvalue weighted by Gasteiger charge is 2.18. The Balaban J connectivity index is 1.95. The molecule has 2 rings (SSSR count). The van der Waals surface area contributed by atoms with Crippen LogP contribution in [0.1, 0.15) is 32.0 Å². The summed E-state index contributed by atoms with van der Waals surface area (Å²) in [7, 11) is 3.31. The number of hydrogen-bond donors (Lipinski definition) is 1. The molecule has 0 radical (unpaired) electrons. The number of halogens is 1. The van der Waals surface area contributed by atoms with E-state index in [1.54, 1.807) is 58.3 Å². The van der Waals surface area contributed by atoms with Gasteiger partial charge in [0.15, 0.2) is 6.61 Å². The predicted octanol–water partition coefficient (Wildman–Crippen LogP) is 2.85. The third-order valence-corrected chi connectivity index (χ3v) is 3.93. The molecule has 0 fully saturated rings. The maximum Gasteiger partial charge on any atom is 0.342 e. The lowest BCUT2D eigenvalue weighted by Crippen LogP contribution is -2.22. The van der Waals surface area contributed by atoms with Crippen molar-refractivity contribution >= 4 is 35.1 Å². The molecule has 2 aromatic rings. The molecule has 0 saturated heterocycles. The summed E-state index contributed by atoms with van der Waals surface area (Å²) >= 11 is 5.99. The van der Waals surface area contributed by atoms with Gasteiger partial charge in [-0.25, -0.2) is 9.78 Å². The Morgan fingerprint density at radius 1 is 1.15 bits per heavy atom. The molecule has 0 aliphatic carbocycles. The zero-order valence-electron chi connectivity index (χ0n) is 15.5. The minimum atomic E-state index is -0.716. The van der Waals surface area contributed by atoms with Crippen molar-refractivity contribution in [2.45, 2.75) is 13.8 Å². The molecule has 27 heavy (non-hydrogen) atoms. The van der Waals surface area contributed by atoms with Gasteiger partial charge in [0.25, 0.3) is 11.8 Å². The van der Waals surface area contributed by atoms with Crippen LogP contribution in [0.5, 0.6) is 0 Å². The quantitative estimate of drug-likeness (QED) is 0.627. The minimum Gasteiger partial charge on any atom is -0.452 e. The van der Waals surface area contributed by atoms with E-state index >= 15 is 0 Å². The van der Waals surface area contributed by atoms with Gasteiger partial charge in [0.05, 0.1) is 5.56 Å². The third kappa shape index (κ3) is 5.27. The van der Waals surface area contributed by atoms with Gasteiger partial charge in [-0.2, -0.15) is 0 Å². The van der Waals surface area contributed by atoms with Gasteiger partial charge in [0.2, 0.25) is 0 Å². The van der Waals surface area contributed by atoms with Crippen LogP contribution in [0.25, 0.3) is 0 Å². The van der Waals surface area contributed by atoms with E-state index in [0.29, 0.717) is 22.5 Å². The van der Waals surface area contributed by atoms with Crippen LogP contribution in [0.15, 0.2) is 30.3 Å². The van der Waals surface area contributed by atoms with Gasteiger partial charge in [0, 0.05) is 31.0 Å². The number of benzene rings is 1. The van der Waals surface area contributed by atoms with E-state index in [9.17, 15) is 14.4 Å². The number of aryl methyl sites for hydroxylation is 2. The number of pyridine rings is 1. The molecule has 1 heterocycles. The first kappa shape index (κ1) is 20.4. The summed E-state index contributed by atoms with van der Waals surface area (Å²) in [4.78, 5) is 41.5. The molecule has 1 N–H and O–H groups in total. The minimum absolute atomic E-state index is 0.0408. The standard InChI is InChI=1S/C19H20ClN3O4/c1-11-9-12(2)21-17(20)16(11)19(26)27-10-15(24)22-14-7-5-13(6-8-14)18(25)23(3)4/h5-9H,10H2,1-4H3,(H,22,24). The van der Waals surface area contributed by atoms with Crippen molar-refractivity contribution in [3.63, 3.8) is 0 Å². The van der Waals surface area contributed by atoms with Crippen molar-refractivity contribution < 1.29 is 19.1 Å². The molecule has 8 heteroatoms. The molecule has 0 spiro atoms. The number of carbonyl (C=O) groups excluding carboxylic acids is 3. The Morgan fingerprint density at radius 3 is 2.33 bits per heavy atom. The highest BCUT2D eigenvalue weighted by Crippen LogP contribution is 2.19. The summed E-state index contributed by atoms with van der Waals surface area (Å²) in [6.45, 7) is 3.01. The first-order valence-electron chi connectivity index (χ1n) is 8.11. The molecule has 0 aliphatic heterocycles. The van der Waals surface area contributed by atoms with Gasteiger partial charge in [-0.1, -0.05) is 11.6 Å². The van der Waals surface area contributed by atoms with E-state index in [1.165, 1.54) is 4.90 Å². The number of carbonyl (C=O) groups is 3. The molecule has 0 saturated carbocycles. The lowest BCUT2D eigenvalue weighted by atomic mass is 10.1. The fraction of sp³-hybridized carbons (Fsp3) is 0.263. The number of hydrogen-bond acceptors (Lipinski definition) is 5. The van der Waals surface area contributed by atoms with Crippen LogP contribution in [-0.2, 0) is 9.53 Å². The largest absolute Gasteiger partial charge is 0.452 e. The molecule has 2 amide bonds. The average Bonchev–Trinajstić information content (AvgIpc) is 2.59. The van der Waals surface area contributed by atoms with Crippen molar-refractivity contribution in [1.29, 1.82) is 0 Å². The lowest BCUT2D eigenvalue weighted by Gasteiger charge is -2.11. The van der Waals surface area contributed by atoms with Crippen molar-refractivity contribution in [3.05, 3.63) is 57.9 Å². The van der Waals surface area contributed by atoms with Crippen molar-refractivity contribution in [2.75, 3.05) is 26.0 Å². The Kier molecular flexibility index (Phi) is 6.52. The van der Waals surface area contributed by atoms with Crippen molar-refractivity contribution in [3.8, 4) is 0 Å². The SMILES string of the molecule is Cc1cc(C)c(C(=O)OCC(=O)Nc2ccc(C(=O)N(C)C)cc2)c(Cl)n1. The fourth-order valence-electron chi connectivity index (χ4n) is 2.39. The van der Waals surface area contributed by atoms with Crippen LogP contribution < -0.4 is 5.32 Å². The molecule has 0 aliphatic rings. The number of ether oxygens (including phenoxy) is 1. The second kappa shape index (κ2) is 8.64. The molecule has 0 atom stereocenters. The van der Waals surface area contributed by atoms with Crippen molar-refractivity contribution in [2.24, 2.45) is 0 Å². The summed E-state index contributed by atoms with van der Waals surface area (Å²) in [6.07, 6.45) is 0. The van der Waals surface area contributed by atoms with Gasteiger partial charge in [-0.3, -0.25) is 9.59 Å². The third-order valence-electron chi connectivity index (χ3n) is 3.66. The van der Waals surface area contributed by atoms with Crippen molar-refractivity contribution in [1.82, 2.24) is 9.88 Å². The zero-order valence-corrected chi connectivity index (χ0v) is 16.3. The number of nitrogens with one attached hydrogen (secondary N) is 1. The van der Waals surface area contributed by atoms with E-state index in [0.717, 1.165) is 0 Å². The summed E-state index contributed by atoms with van der Waals surface area (Å²) in [5.74, 6) is -1.36. The highest BCUT2D eigenvalue weighted by atomic mass is 35.5. The first-order valence-corrected chi connectivity index (χ1v) is 8.49. The van der Waals surface area contributed by atoms with E-state index in [-0.39, 0.29) is 16.6 Å². The van der Waals surface area contributed by atoms with Gasteiger partial charge in [0.1, 0.15) is 5.15 Å². The average molecular weight is 390 g/mol. The van der Waals surface area contributed by atoms with E-state index in [2.05, 4.69) is 10.3 Å². The summed E-state index contributed by atoms with van der Waals surface area (Å²) < 4.78 is 5.02. The van der Waals surface area contributed by atoms with Gasteiger partial charge >= 0.3 is 5.97 Å². The summed E-state index contributed by atoms with van der Waals surface area (Å²) in [6, 6.07) is 8.11. The molecule has 142 valence electrons. The fourth-order valence-corrected chi connectivity index (χ4v) is 2.75. The topological polar surface area (TPSA) is 88.6 Å². The van der Waals surface area contributed by atoms with Crippen LogP contribution in [-0.4, -0.2) is 48.4 Å². The molecule has 0 bridgehead atoms. The van der Waals surface area contributed by atoms with Crippen LogP contribution in [0.2, 0.25) is 5.15 Å². The normalized spacial score (nSPS) is 10.3. The number of aromatic nitrogens is 1. The summed E-state index contributed by atoms with van der Waals surface area (Å²) in [5, 5.41) is 2.63. The number of anilines is 1. The van der Waals surface area contributed by atoms with Gasteiger partial charge < -0.3 is 15.0 Å². The molecular weight excluding hydrogens is 370 g/mol. The maximum atomic E-state index is 12.2. The monoisotopic (exact) mass is 389 g/mol. The second-order valence-corrected chi connectivity index (χ2v) is 6.51. The number of nitrogens with zero attached hydrogens (tertiary/aromatic N) is 2. The Labute approximate surface area is 162 Å². The molecular formula is C19H20ClN3O4. The number of amides is 2. The van der Waals surface area contributed by atoms with Crippen LogP contribution in [0.4, 0.5) is 5.69 Å².